The summed E-state index contributed by atoms with van der Waals surface area (Å²) in [4.78, 5) is 18.6. The second-order valence-electron chi connectivity index (χ2n) is 6.60. The van der Waals surface area contributed by atoms with Gasteiger partial charge in [0.2, 0.25) is 0 Å². The number of rotatable bonds is 5. The molecule has 9 nitrogen and oxygen atoms in total. The topological polar surface area (TPSA) is 94.1 Å². The lowest BCUT2D eigenvalue weighted by molar-refractivity contribution is -0.00806. The monoisotopic (exact) mass is 517 g/mol. The van der Waals surface area contributed by atoms with Gasteiger partial charge >= 0.3 is 5.97 Å². The van der Waals surface area contributed by atoms with Crippen LogP contribution in [0.15, 0.2) is 27.9 Å². The maximum absolute atomic E-state index is 11.7. The summed E-state index contributed by atoms with van der Waals surface area (Å²) in [6.45, 7) is 6.88. The van der Waals surface area contributed by atoms with E-state index in [1.165, 1.54) is 7.11 Å². The van der Waals surface area contributed by atoms with Crippen LogP contribution in [0.4, 0.5) is 0 Å². The van der Waals surface area contributed by atoms with Crippen molar-refractivity contribution in [2.75, 3.05) is 33.4 Å². The Morgan fingerprint density at radius 1 is 1.48 bits per heavy atom. The second-order valence-corrected chi connectivity index (χ2v) is 6.60. The third kappa shape index (κ3) is 5.72. The highest BCUT2D eigenvalue weighted by atomic mass is 127. The number of esters is 1. The van der Waals surface area contributed by atoms with Crippen molar-refractivity contribution in [3.8, 4) is 0 Å². The Balaban J connectivity index is 0.00000300. The van der Waals surface area contributed by atoms with Crippen LogP contribution in [0, 0.1) is 6.92 Å². The van der Waals surface area contributed by atoms with E-state index in [1.807, 2.05) is 26.4 Å². The first kappa shape index (κ1) is 23.2. The maximum atomic E-state index is 11.7. The van der Waals surface area contributed by atoms with Crippen LogP contribution in [0.1, 0.15) is 40.5 Å². The molecule has 2 aromatic heterocycles. The third-order valence-electron chi connectivity index (χ3n) is 4.56. The van der Waals surface area contributed by atoms with Gasteiger partial charge in [0.15, 0.2) is 5.96 Å². The van der Waals surface area contributed by atoms with Crippen molar-refractivity contribution in [1.82, 2.24) is 20.0 Å². The van der Waals surface area contributed by atoms with Gasteiger partial charge in [-0.15, -0.1) is 24.0 Å². The van der Waals surface area contributed by atoms with Gasteiger partial charge < -0.3 is 24.1 Å². The molecule has 0 bridgehead atoms. The summed E-state index contributed by atoms with van der Waals surface area (Å²) in [5.41, 5.74) is 1.48. The van der Waals surface area contributed by atoms with E-state index in [0.29, 0.717) is 36.8 Å². The van der Waals surface area contributed by atoms with Crippen molar-refractivity contribution in [2.45, 2.75) is 26.5 Å². The molecule has 0 radical (unpaired) electrons. The number of aromatic nitrogens is 2. The van der Waals surface area contributed by atoms with Gasteiger partial charge in [-0.3, -0.25) is 4.68 Å². The predicted molar refractivity (Wildman–Crippen MR) is 118 cm³/mol. The van der Waals surface area contributed by atoms with Gasteiger partial charge in [-0.25, -0.2) is 9.79 Å². The van der Waals surface area contributed by atoms with Crippen LogP contribution in [0.5, 0.6) is 0 Å². The lowest BCUT2D eigenvalue weighted by Crippen LogP contribution is -2.48. The second kappa shape index (κ2) is 10.6. The number of aryl methyl sites for hydroxylation is 2. The SMILES string of the molecule is CCNC(=NCc1cc(C(=O)OC)c(C)o1)N1CCOC(c2cnn(C)c2)C1.I. The fourth-order valence-corrected chi connectivity index (χ4v) is 3.16. The molecule has 2 aromatic rings. The molecule has 3 rings (SSSR count). The van der Waals surface area contributed by atoms with Crippen molar-refractivity contribution in [1.29, 1.82) is 0 Å². The Hall–Kier alpha value is -2.08. The molecule has 10 heteroatoms. The fraction of sp³-hybridized carbons (Fsp3) is 0.526. The van der Waals surface area contributed by atoms with Crippen molar-refractivity contribution in [3.05, 3.63) is 41.1 Å². The van der Waals surface area contributed by atoms with E-state index < -0.39 is 5.97 Å². The number of carbonyl (C=O) groups excluding carboxylic acids is 1. The highest BCUT2D eigenvalue weighted by Gasteiger charge is 2.25. The first-order chi connectivity index (χ1) is 13.5. The minimum absolute atomic E-state index is 0. The molecule has 1 atom stereocenters. The molecule has 160 valence electrons. The first-order valence-corrected chi connectivity index (χ1v) is 9.32. The van der Waals surface area contributed by atoms with Gasteiger partial charge in [0, 0.05) is 31.9 Å². The van der Waals surface area contributed by atoms with E-state index in [1.54, 1.807) is 17.7 Å². The van der Waals surface area contributed by atoms with Gasteiger partial charge in [0.25, 0.3) is 0 Å². The number of carbonyl (C=O) groups is 1. The summed E-state index contributed by atoms with van der Waals surface area (Å²) in [7, 11) is 3.25. The average Bonchev–Trinajstić information content (AvgIpc) is 3.30. The number of hydrogen-bond donors (Lipinski definition) is 1. The molecule has 0 amide bonds. The van der Waals surface area contributed by atoms with Crippen molar-refractivity contribution in [3.63, 3.8) is 0 Å². The predicted octanol–water partition coefficient (Wildman–Crippen LogP) is 2.27. The van der Waals surface area contributed by atoms with Crippen molar-refractivity contribution in [2.24, 2.45) is 12.0 Å². The molecule has 1 aliphatic heterocycles. The van der Waals surface area contributed by atoms with Crippen LogP contribution in [0.25, 0.3) is 0 Å². The molecule has 0 aromatic carbocycles. The molecule has 3 heterocycles. The van der Waals surface area contributed by atoms with Gasteiger partial charge in [0.1, 0.15) is 29.7 Å². The van der Waals surface area contributed by atoms with Crippen LogP contribution in [-0.2, 0) is 23.1 Å². The number of methoxy groups -OCH3 is 1. The summed E-state index contributed by atoms with van der Waals surface area (Å²) in [6.07, 6.45) is 3.75. The van der Waals surface area contributed by atoms with Crippen LogP contribution >= 0.6 is 24.0 Å². The van der Waals surface area contributed by atoms with Crippen LogP contribution in [0.2, 0.25) is 0 Å². The minimum Gasteiger partial charge on any atom is -0.465 e. The number of guanidine groups is 1. The average molecular weight is 517 g/mol. The summed E-state index contributed by atoms with van der Waals surface area (Å²) in [5, 5.41) is 7.55. The van der Waals surface area contributed by atoms with Gasteiger partial charge in [-0.2, -0.15) is 5.10 Å². The van der Waals surface area contributed by atoms with Crippen molar-refractivity contribution < 1.29 is 18.7 Å². The number of furan rings is 1. The standard InChI is InChI=1S/C19H27N5O4.HI/c1-5-20-19(21-10-15-8-16(13(2)28-15)18(25)26-4)24-6-7-27-17(12-24)14-9-22-23(3)11-14;/h8-9,11,17H,5-7,10,12H2,1-4H3,(H,20,21);1H. The number of ether oxygens (including phenoxy) is 2. The van der Waals surface area contributed by atoms with E-state index >= 15 is 0 Å². The van der Waals surface area contributed by atoms with E-state index in [-0.39, 0.29) is 30.1 Å². The number of hydrogen-bond acceptors (Lipinski definition) is 6. The normalized spacial score (nSPS) is 17.0. The van der Waals surface area contributed by atoms with Gasteiger partial charge in [0.05, 0.1) is 26.5 Å². The van der Waals surface area contributed by atoms with Crippen LogP contribution in [-0.4, -0.2) is 60.0 Å². The van der Waals surface area contributed by atoms with Gasteiger partial charge in [-0.05, 0) is 19.9 Å². The summed E-state index contributed by atoms with van der Waals surface area (Å²) >= 11 is 0. The minimum atomic E-state index is -0.407. The zero-order valence-corrected chi connectivity index (χ0v) is 19.5. The van der Waals surface area contributed by atoms with E-state index in [2.05, 4.69) is 20.3 Å². The molecular weight excluding hydrogens is 489 g/mol. The molecule has 29 heavy (non-hydrogen) atoms. The summed E-state index contributed by atoms with van der Waals surface area (Å²) < 4.78 is 18.1. The Bertz CT molecular complexity index is 848. The largest absolute Gasteiger partial charge is 0.465 e. The van der Waals surface area contributed by atoms with Crippen LogP contribution < -0.4 is 5.32 Å². The molecule has 1 N–H and O–H groups in total. The zero-order chi connectivity index (χ0) is 20.1. The smallest absolute Gasteiger partial charge is 0.341 e. The van der Waals surface area contributed by atoms with Crippen molar-refractivity contribution >= 4 is 35.9 Å². The number of nitrogens with zero attached hydrogens (tertiary/aromatic N) is 4. The van der Waals surface area contributed by atoms with Crippen LogP contribution in [0.3, 0.4) is 0 Å². The number of aliphatic imine (C=N–C) groups is 1. The Morgan fingerprint density at radius 3 is 2.93 bits per heavy atom. The maximum Gasteiger partial charge on any atom is 0.341 e. The molecular formula is C19H28IN5O4. The summed E-state index contributed by atoms with van der Waals surface area (Å²) in [5.74, 6) is 1.53. The lowest BCUT2D eigenvalue weighted by Gasteiger charge is -2.34. The molecule has 1 saturated heterocycles. The van der Waals surface area contributed by atoms with E-state index in [0.717, 1.165) is 24.6 Å². The van der Waals surface area contributed by atoms with E-state index in [4.69, 9.17) is 13.9 Å². The third-order valence-corrected chi connectivity index (χ3v) is 4.56. The molecule has 0 spiro atoms. The zero-order valence-electron chi connectivity index (χ0n) is 17.2. The Morgan fingerprint density at radius 2 is 2.28 bits per heavy atom. The number of morpholine rings is 1. The molecule has 0 aliphatic carbocycles. The highest BCUT2D eigenvalue weighted by Crippen LogP contribution is 2.22. The van der Waals surface area contributed by atoms with E-state index in [9.17, 15) is 4.79 Å². The molecule has 0 saturated carbocycles. The van der Waals surface area contributed by atoms with Gasteiger partial charge in [-0.1, -0.05) is 0 Å². The fourth-order valence-electron chi connectivity index (χ4n) is 3.16. The molecule has 1 aliphatic rings. The quantitative estimate of drug-likeness (QED) is 0.282. The Kier molecular flexibility index (Phi) is 8.50. The lowest BCUT2D eigenvalue weighted by atomic mass is 10.1. The first-order valence-electron chi connectivity index (χ1n) is 9.32. The highest BCUT2D eigenvalue weighted by molar-refractivity contribution is 14.0. The molecule has 1 fully saturated rings. The number of nitrogens with one attached hydrogen (secondary N) is 1. The Labute approximate surface area is 187 Å². The summed E-state index contributed by atoms with van der Waals surface area (Å²) in [6, 6.07) is 1.69. The number of halogens is 1. The molecule has 1 unspecified atom stereocenters.